The first-order chi connectivity index (χ1) is 9.56. The molecule has 1 heterocycles. The van der Waals surface area contributed by atoms with Crippen molar-refractivity contribution in [3.8, 4) is 0 Å². The van der Waals surface area contributed by atoms with Crippen molar-refractivity contribution in [2.24, 2.45) is 5.92 Å². The fourth-order valence-electron chi connectivity index (χ4n) is 3.40. The molecule has 3 atom stereocenters. The third-order valence-corrected chi connectivity index (χ3v) is 6.58. The van der Waals surface area contributed by atoms with Crippen LogP contribution in [0.4, 0.5) is 0 Å². The summed E-state index contributed by atoms with van der Waals surface area (Å²) in [6, 6.07) is 0. The van der Waals surface area contributed by atoms with Crippen LogP contribution in [0, 0.1) is 5.92 Å². The van der Waals surface area contributed by atoms with Crippen LogP contribution in [-0.4, -0.2) is 40.5 Å². The fourth-order valence-corrected chi connectivity index (χ4v) is 5.15. The van der Waals surface area contributed by atoms with Crippen LogP contribution in [-0.2, 0) is 25.1 Å². The molecule has 4 nitrogen and oxygen atoms in total. The van der Waals surface area contributed by atoms with Crippen LogP contribution >= 0.6 is 0 Å². The number of hydrogen-bond acceptors (Lipinski definition) is 4. The molecule has 5 heteroatoms. The van der Waals surface area contributed by atoms with Gasteiger partial charge in [-0.2, -0.15) is 0 Å². The molecule has 0 aromatic rings. The van der Waals surface area contributed by atoms with Gasteiger partial charge in [0.2, 0.25) is 0 Å². The van der Waals surface area contributed by atoms with Crippen molar-refractivity contribution >= 4 is 16.8 Å². The van der Waals surface area contributed by atoms with Crippen LogP contribution in [0.1, 0.15) is 51.9 Å². The van der Waals surface area contributed by atoms with Crippen molar-refractivity contribution in [2.45, 2.75) is 62.7 Å². The zero-order valence-electron chi connectivity index (χ0n) is 12.6. The number of carbonyl (C=O) groups excluding carboxylic acids is 1. The molecular formula is C15H26O4S. The molecule has 1 aliphatic carbocycles. The normalized spacial score (nSPS) is 28.8. The van der Waals surface area contributed by atoms with E-state index in [1.807, 2.05) is 0 Å². The minimum absolute atomic E-state index is 0.0225. The molecule has 2 fully saturated rings. The summed E-state index contributed by atoms with van der Waals surface area (Å²) in [6.07, 6.45) is 7.68. The lowest BCUT2D eigenvalue weighted by Gasteiger charge is -2.43. The number of hydrogen-bond donors (Lipinski definition) is 0. The van der Waals surface area contributed by atoms with Gasteiger partial charge in [-0.15, -0.1) is 0 Å². The Morgan fingerprint density at radius 1 is 1.40 bits per heavy atom. The number of carbonyl (C=O) groups is 1. The molecule has 2 aliphatic rings. The molecule has 3 unspecified atom stereocenters. The van der Waals surface area contributed by atoms with Gasteiger partial charge in [0.05, 0.1) is 18.6 Å². The Kier molecular flexibility index (Phi) is 5.61. The van der Waals surface area contributed by atoms with E-state index in [0.717, 1.165) is 25.7 Å². The number of ether oxygens (including phenoxy) is 2. The van der Waals surface area contributed by atoms with E-state index in [-0.39, 0.29) is 22.7 Å². The molecule has 0 aromatic carbocycles. The Morgan fingerprint density at radius 3 is 2.75 bits per heavy atom. The van der Waals surface area contributed by atoms with Gasteiger partial charge in [0.1, 0.15) is 0 Å². The van der Waals surface area contributed by atoms with Gasteiger partial charge >= 0.3 is 5.97 Å². The summed E-state index contributed by atoms with van der Waals surface area (Å²) in [5, 5.41) is 0.175. The van der Waals surface area contributed by atoms with Crippen LogP contribution in [0.15, 0.2) is 0 Å². The van der Waals surface area contributed by atoms with Crippen molar-refractivity contribution in [2.75, 3.05) is 19.5 Å². The van der Waals surface area contributed by atoms with Gasteiger partial charge in [-0.05, 0) is 25.7 Å². The Hall–Kier alpha value is -0.420. The molecule has 0 bridgehead atoms. The summed E-state index contributed by atoms with van der Waals surface area (Å²) in [5.41, 5.74) is -0.0225. The molecule has 1 saturated heterocycles. The summed E-state index contributed by atoms with van der Waals surface area (Å²) in [7, 11) is 0.415. The summed E-state index contributed by atoms with van der Waals surface area (Å²) < 4.78 is 23.2. The predicted octanol–water partition coefficient (Wildman–Crippen LogP) is 2.43. The van der Waals surface area contributed by atoms with Gasteiger partial charge in [-0.1, -0.05) is 26.2 Å². The molecule has 20 heavy (non-hydrogen) atoms. The monoisotopic (exact) mass is 302 g/mol. The molecule has 1 saturated carbocycles. The highest BCUT2D eigenvalue weighted by molar-refractivity contribution is 7.85. The first-order valence-electron chi connectivity index (χ1n) is 7.65. The Bertz CT molecular complexity index is 357. The molecule has 1 spiro atoms. The third-order valence-electron chi connectivity index (χ3n) is 4.60. The van der Waals surface area contributed by atoms with Crippen LogP contribution in [0.25, 0.3) is 0 Å². The molecular weight excluding hydrogens is 276 g/mol. The quantitative estimate of drug-likeness (QED) is 0.748. The lowest BCUT2D eigenvalue weighted by molar-refractivity contribution is -0.144. The van der Waals surface area contributed by atoms with Gasteiger partial charge in [0.25, 0.3) is 0 Å². The molecule has 1 aliphatic heterocycles. The minimum Gasteiger partial charge on any atom is -0.469 e. The zero-order valence-corrected chi connectivity index (χ0v) is 13.4. The number of rotatable bonds is 4. The summed E-state index contributed by atoms with van der Waals surface area (Å²) in [5.74, 6) is -0.142. The highest BCUT2D eigenvalue weighted by Gasteiger charge is 2.40. The van der Waals surface area contributed by atoms with Crippen LogP contribution in [0.5, 0.6) is 0 Å². The topological polar surface area (TPSA) is 52.6 Å². The second-order valence-electron chi connectivity index (χ2n) is 6.18. The SMILES string of the molecule is COC(=O)C(C)CS(=O)C1CCOC2(CCCCC2)C1. The van der Waals surface area contributed by atoms with Crippen molar-refractivity contribution in [1.82, 2.24) is 0 Å². The van der Waals surface area contributed by atoms with Crippen molar-refractivity contribution in [3.63, 3.8) is 0 Å². The second kappa shape index (κ2) is 7.03. The molecule has 2 rings (SSSR count). The average Bonchev–Trinajstić information content (AvgIpc) is 2.47. The zero-order chi connectivity index (χ0) is 14.6. The van der Waals surface area contributed by atoms with E-state index < -0.39 is 10.8 Å². The molecule has 0 N–H and O–H groups in total. The van der Waals surface area contributed by atoms with Crippen molar-refractivity contribution in [3.05, 3.63) is 0 Å². The standard InChI is InChI=1S/C15H26O4S/c1-12(14(16)18-2)11-20(17)13-6-9-19-15(10-13)7-4-3-5-8-15/h12-13H,3-11H2,1-2H3. The van der Waals surface area contributed by atoms with Crippen LogP contribution < -0.4 is 0 Å². The first kappa shape index (κ1) is 16.0. The third kappa shape index (κ3) is 3.82. The number of esters is 1. The van der Waals surface area contributed by atoms with Gasteiger partial charge < -0.3 is 9.47 Å². The van der Waals surface area contributed by atoms with Gasteiger partial charge in [-0.25, -0.2) is 0 Å². The lowest BCUT2D eigenvalue weighted by Crippen LogP contribution is -2.45. The Morgan fingerprint density at radius 2 is 2.10 bits per heavy atom. The smallest absolute Gasteiger partial charge is 0.309 e. The highest BCUT2D eigenvalue weighted by Crippen LogP contribution is 2.39. The maximum atomic E-state index is 12.5. The average molecular weight is 302 g/mol. The number of methoxy groups -OCH3 is 1. The second-order valence-corrected chi connectivity index (χ2v) is 7.94. The van der Waals surface area contributed by atoms with Crippen LogP contribution in [0.2, 0.25) is 0 Å². The summed E-state index contributed by atoms with van der Waals surface area (Å²) in [4.78, 5) is 11.4. The molecule has 0 radical (unpaired) electrons. The van der Waals surface area contributed by atoms with E-state index in [0.29, 0.717) is 12.4 Å². The largest absolute Gasteiger partial charge is 0.469 e. The van der Waals surface area contributed by atoms with E-state index in [2.05, 4.69) is 0 Å². The van der Waals surface area contributed by atoms with E-state index in [1.54, 1.807) is 6.92 Å². The van der Waals surface area contributed by atoms with E-state index in [9.17, 15) is 9.00 Å². The van der Waals surface area contributed by atoms with Gasteiger partial charge in [0.15, 0.2) is 0 Å². The summed E-state index contributed by atoms with van der Waals surface area (Å²) in [6.45, 7) is 2.50. The molecule has 0 aromatic heterocycles. The maximum Gasteiger partial charge on any atom is 0.309 e. The van der Waals surface area contributed by atoms with Crippen molar-refractivity contribution in [1.29, 1.82) is 0 Å². The maximum absolute atomic E-state index is 12.5. The summed E-state index contributed by atoms with van der Waals surface area (Å²) >= 11 is 0. The predicted molar refractivity (Wildman–Crippen MR) is 79.0 cm³/mol. The molecule has 0 amide bonds. The minimum atomic E-state index is -0.967. The van der Waals surface area contributed by atoms with Gasteiger partial charge in [-0.3, -0.25) is 9.00 Å². The van der Waals surface area contributed by atoms with E-state index >= 15 is 0 Å². The van der Waals surface area contributed by atoms with Gasteiger partial charge in [0, 0.05) is 28.4 Å². The Balaban J connectivity index is 1.91. The fraction of sp³-hybridized carbons (Fsp3) is 0.933. The first-order valence-corrected chi connectivity index (χ1v) is 9.03. The van der Waals surface area contributed by atoms with E-state index in [4.69, 9.17) is 9.47 Å². The highest BCUT2D eigenvalue weighted by atomic mass is 32.2. The Labute approximate surface area is 124 Å². The van der Waals surface area contributed by atoms with Crippen LogP contribution in [0.3, 0.4) is 0 Å². The van der Waals surface area contributed by atoms with Crippen molar-refractivity contribution < 1.29 is 18.5 Å². The lowest BCUT2D eigenvalue weighted by atomic mass is 9.80. The molecule has 116 valence electrons. The van der Waals surface area contributed by atoms with E-state index in [1.165, 1.54) is 26.4 Å².